The third-order valence-corrected chi connectivity index (χ3v) is 2.75. The minimum absolute atomic E-state index is 0.0533. The normalized spacial score (nSPS) is 11.1. The summed E-state index contributed by atoms with van der Waals surface area (Å²) in [4.78, 5) is 19.1. The van der Waals surface area contributed by atoms with Crippen LogP contribution in [0.4, 0.5) is 24.5 Å². The maximum absolute atomic E-state index is 13.1. The third-order valence-electron chi connectivity index (χ3n) is 2.75. The summed E-state index contributed by atoms with van der Waals surface area (Å²) in [6, 6.07) is 8.66. The standard InChI is InChI=1S/C13H7F3N2O5/c14-13(15,16)11-9(17(19)20)6-7-10(12(11)18(21)22)23-8-4-2-1-3-5-8/h1-7H. The largest absolute Gasteiger partial charge is 0.450 e. The van der Waals surface area contributed by atoms with Gasteiger partial charge < -0.3 is 4.74 Å². The van der Waals surface area contributed by atoms with Crippen molar-refractivity contribution in [2.75, 3.05) is 0 Å². The molecule has 0 saturated carbocycles. The number of alkyl halides is 3. The number of halogens is 3. The lowest BCUT2D eigenvalue weighted by Crippen LogP contribution is -2.13. The Morgan fingerprint density at radius 2 is 1.52 bits per heavy atom. The Balaban J connectivity index is 2.69. The van der Waals surface area contributed by atoms with Crippen molar-refractivity contribution in [2.24, 2.45) is 0 Å². The number of para-hydroxylation sites is 1. The fraction of sp³-hybridized carbons (Fsp3) is 0.0769. The lowest BCUT2D eigenvalue weighted by Gasteiger charge is -2.12. The van der Waals surface area contributed by atoms with Gasteiger partial charge in [-0.25, -0.2) is 0 Å². The molecule has 0 amide bonds. The molecule has 23 heavy (non-hydrogen) atoms. The highest BCUT2D eigenvalue weighted by Crippen LogP contribution is 2.47. The number of hydrogen-bond acceptors (Lipinski definition) is 5. The molecule has 0 aliphatic carbocycles. The number of nitro benzene ring substituents is 2. The van der Waals surface area contributed by atoms with E-state index in [0.29, 0.717) is 6.07 Å². The van der Waals surface area contributed by atoms with Crippen LogP contribution in [0, 0.1) is 20.2 Å². The number of benzene rings is 2. The quantitative estimate of drug-likeness (QED) is 0.615. The van der Waals surface area contributed by atoms with Crippen LogP contribution in [0.3, 0.4) is 0 Å². The van der Waals surface area contributed by atoms with Crippen molar-refractivity contribution < 1.29 is 27.8 Å². The summed E-state index contributed by atoms with van der Waals surface area (Å²) in [5.74, 6) is -0.684. The molecule has 0 bridgehead atoms. The SMILES string of the molecule is O=[N+]([O-])c1ccc(Oc2ccccc2)c([N+](=O)[O-])c1C(F)(F)F. The van der Waals surface area contributed by atoms with Crippen molar-refractivity contribution in [3.05, 3.63) is 68.3 Å². The Morgan fingerprint density at radius 3 is 2.00 bits per heavy atom. The smallest absolute Gasteiger partial charge is 0.429 e. The van der Waals surface area contributed by atoms with E-state index in [0.717, 1.165) is 6.07 Å². The van der Waals surface area contributed by atoms with Crippen LogP contribution in [0.2, 0.25) is 0 Å². The maximum atomic E-state index is 13.1. The van der Waals surface area contributed by atoms with E-state index in [1.54, 1.807) is 6.07 Å². The molecule has 120 valence electrons. The number of hydrogen-bond donors (Lipinski definition) is 0. The van der Waals surface area contributed by atoms with Crippen molar-refractivity contribution in [3.8, 4) is 11.5 Å². The maximum Gasteiger partial charge on any atom is 0.429 e. The van der Waals surface area contributed by atoms with Crippen molar-refractivity contribution in [1.29, 1.82) is 0 Å². The second kappa shape index (κ2) is 5.91. The molecule has 2 aromatic carbocycles. The van der Waals surface area contributed by atoms with E-state index in [-0.39, 0.29) is 5.75 Å². The molecule has 0 heterocycles. The predicted molar refractivity (Wildman–Crippen MR) is 71.3 cm³/mol. The van der Waals surface area contributed by atoms with Gasteiger partial charge in [0.2, 0.25) is 11.3 Å². The molecule has 0 radical (unpaired) electrons. The van der Waals surface area contributed by atoms with Gasteiger partial charge in [-0.15, -0.1) is 0 Å². The summed E-state index contributed by atoms with van der Waals surface area (Å²) in [6.45, 7) is 0. The van der Waals surface area contributed by atoms with Crippen LogP contribution in [-0.2, 0) is 6.18 Å². The van der Waals surface area contributed by atoms with Crippen molar-refractivity contribution in [2.45, 2.75) is 6.18 Å². The molecule has 0 aliphatic heterocycles. The molecule has 0 atom stereocenters. The van der Waals surface area contributed by atoms with E-state index in [1.165, 1.54) is 24.3 Å². The highest BCUT2D eigenvalue weighted by Gasteiger charge is 2.47. The summed E-state index contributed by atoms with van der Waals surface area (Å²) in [5, 5.41) is 21.8. The second-order valence-corrected chi connectivity index (χ2v) is 4.23. The fourth-order valence-electron chi connectivity index (χ4n) is 1.87. The minimum Gasteiger partial charge on any atom is -0.450 e. The van der Waals surface area contributed by atoms with Crippen LogP contribution in [0.1, 0.15) is 5.56 Å². The van der Waals surface area contributed by atoms with E-state index < -0.39 is 38.7 Å². The number of rotatable bonds is 4. The Hall–Kier alpha value is -3.17. The van der Waals surface area contributed by atoms with Crippen LogP contribution in [0.5, 0.6) is 11.5 Å². The lowest BCUT2D eigenvalue weighted by molar-refractivity contribution is -0.400. The van der Waals surface area contributed by atoms with Crippen molar-refractivity contribution >= 4 is 11.4 Å². The fourth-order valence-corrected chi connectivity index (χ4v) is 1.87. The van der Waals surface area contributed by atoms with E-state index in [1.807, 2.05) is 0 Å². The molecule has 10 heteroatoms. The van der Waals surface area contributed by atoms with E-state index in [2.05, 4.69) is 0 Å². The summed E-state index contributed by atoms with van der Waals surface area (Å²) in [5.41, 5.74) is -4.87. The first kappa shape index (κ1) is 16.2. The highest BCUT2D eigenvalue weighted by molar-refractivity contribution is 5.63. The molecule has 0 fully saturated rings. The van der Waals surface area contributed by atoms with E-state index in [9.17, 15) is 33.4 Å². The second-order valence-electron chi connectivity index (χ2n) is 4.23. The Morgan fingerprint density at radius 1 is 0.913 bits per heavy atom. The van der Waals surface area contributed by atoms with Gasteiger partial charge in [-0.2, -0.15) is 13.2 Å². The summed E-state index contributed by atoms with van der Waals surface area (Å²) >= 11 is 0. The van der Waals surface area contributed by atoms with Crippen LogP contribution >= 0.6 is 0 Å². The first-order chi connectivity index (χ1) is 10.7. The monoisotopic (exact) mass is 328 g/mol. The van der Waals surface area contributed by atoms with Gasteiger partial charge in [-0.3, -0.25) is 20.2 Å². The first-order valence-corrected chi connectivity index (χ1v) is 5.97. The molecular formula is C13H7F3N2O5. The van der Waals surface area contributed by atoms with Crippen LogP contribution in [0.25, 0.3) is 0 Å². The van der Waals surface area contributed by atoms with E-state index >= 15 is 0 Å². The molecule has 7 nitrogen and oxygen atoms in total. The van der Waals surface area contributed by atoms with Crippen LogP contribution in [0.15, 0.2) is 42.5 Å². The summed E-state index contributed by atoms with van der Waals surface area (Å²) in [6.07, 6.45) is -5.29. The molecule has 0 unspecified atom stereocenters. The third kappa shape index (κ3) is 3.36. The number of nitrogens with zero attached hydrogens (tertiary/aromatic N) is 2. The van der Waals surface area contributed by atoms with Gasteiger partial charge in [0, 0.05) is 6.07 Å². The van der Waals surface area contributed by atoms with Crippen molar-refractivity contribution in [1.82, 2.24) is 0 Å². The zero-order valence-electron chi connectivity index (χ0n) is 11.1. The predicted octanol–water partition coefficient (Wildman–Crippen LogP) is 4.31. The topological polar surface area (TPSA) is 95.5 Å². The molecular weight excluding hydrogens is 321 g/mol. The Labute approximate surface area is 126 Å². The van der Waals surface area contributed by atoms with Crippen LogP contribution in [-0.4, -0.2) is 9.85 Å². The zero-order chi connectivity index (χ0) is 17.2. The molecule has 0 N–H and O–H groups in total. The molecule has 2 rings (SSSR count). The van der Waals surface area contributed by atoms with Crippen molar-refractivity contribution in [3.63, 3.8) is 0 Å². The van der Waals surface area contributed by atoms with Gasteiger partial charge in [-0.05, 0) is 18.2 Å². The molecule has 0 aliphatic rings. The van der Waals surface area contributed by atoms with Gasteiger partial charge in [0.15, 0.2) is 0 Å². The number of nitro groups is 2. The van der Waals surface area contributed by atoms with Gasteiger partial charge in [0.05, 0.1) is 9.85 Å². The lowest BCUT2D eigenvalue weighted by atomic mass is 10.1. The molecule has 2 aromatic rings. The highest BCUT2D eigenvalue weighted by atomic mass is 19.4. The average molecular weight is 328 g/mol. The molecule has 0 spiro atoms. The van der Waals surface area contributed by atoms with Crippen LogP contribution < -0.4 is 4.74 Å². The molecule has 0 aromatic heterocycles. The summed E-state index contributed by atoms with van der Waals surface area (Å²) in [7, 11) is 0. The van der Waals surface area contributed by atoms with Gasteiger partial charge in [0.1, 0.15) is 5.75 Å². The first-order valence-electron chi connectivity index (χ1n) is 5.97. The van der Waals surface area contributed by atoms with Gasteiger partial charge >= 0.3 is 11.9 Å². The van der Waals surface area contributed by atoms with Gasteiger partial charge in [-0.1, -0.05) is 18.2 Å². The number of ether oxygens (including phenoxy) is 1. The average Bonchev–Trinajstić information content (AvgIpc) is 2.46. The van der Waals surface area contributed by atoms with Gasteiger partial charge in [0.25, 0.3) is 5.69 Å². The summed E-state index contributed by atoms with van der Waals surface area (Å²) < 4.78 is 44.3. The van der Waals surface area contributed by atoms with E-state index in [4.69, 9.17) is 4.74 Å². The molecule has 0 saturated heterocycles. The minimum atomic E-state index is -5.29. The Kier molecular flexibility index (Phi) is 4.16. The Bertz CT molecular complexity index is 762. The zero-order valence-corrected chi connectivity index (χ0v) is 11.1.